The molecule has 0 radical (unpaired) electrons. The van der Waals surface area contributed by atoms with E-state index in [0.717, 1.165) is 80.9 Å². The monoisotopic (exact) mass is 736 g/mol. The highest BCUT2D eigenvalue weighted by Crippen LogP contribution is 2.37. The summed E-state index contributed by atoms with van der Waals surface area (Å²) < 4.78 is 0. The molecule has 4 aliphatic rings. The number of phenols is 1. The molecule has 0 aromatic heterocycles. The van der Waals surface area contributed by atoms with Gasteiger partial charge in [0.25, 0.3) is 11.8 Å². The molecular weight excluding hydrogens is 689 g/mol. The van der Waals surface area contributed by atoms with Gasteiger partial charge in [-0.1, -0.05) is 67.6 Å². The normalized spacial score (nSPS) is 20.4. The topological polar surface area (TPSA) is 110 Å². The Bertz CT molecular complexity index is 2110. The molecule has 0 spiro atoms. The molecule has 2 N–H and O–H groups in total. The molecule has 4 aromatic carbocycles. The molecule has 4 aliphatic heterocycles. The number of carbonyl (C=O) groups excluding carboxylic acids is 4. The van der Waals surface area contributed by atoms with Crippen LogP contribution in [-0.2, 0) is 9.59 Å². The van der Waals surface area contributed by atoms with Crippen molar-refractivity contribution in [2.24, 2.45) is 5.92 Å². The molecular formula is C46H48N4O5. The van der Waals surface area contributed by atoms with Gasteiger partial charge in [0.05, 0.1) is 11.1 Å². The predicted molar refractivity (Wildman–Crippen MR) is 214 cm³/mol. The molecule has 3 fully saturated rings. The first-order valence-electron chi connectivity index (χ1n) is 19.8. The third-order valence-corrected chi connectivity index (χ3v) is 12.1. The van der Waals surface area contributed by atoms with E-state index in [-0.39, 0.29) is 24.5 Å². The summed E-state index contributed by atoms with van der Waals surface area (Å²) in [5.41, 5.74) is 8.96. The number of fused-ring (bicyclic) bond motifs is 1. The van der Waals surface area contributed by atoms with Crippen molar-refractivity contribution < 1.29 is 24.3 Å². The van der Waals surface area contributed by atoms with Crippen LogP contribution >= 0.6 is 0 Å². The van der Waals surface area contributed by atoms with Crippen molar-refractivity contribution >= 4 is 40.5 Å². The minimum atomic E-state index is -0.948. The first-order valence-corrected chi connectivity index (χ1v) is 19.8. The first kappa shape index (κ1) is 36.4. The zero-order valence-electron chi connectivity index (χ0n) is 31.4. The van der Waals surface area contributed by atoms with E-state index in [1.807, 2.05) is 30.3 Å². The van der Waals surface area contributed by atoms with Crippen molar-refractivity contribution in [2.45, 2.75) is 63.8 Å². The Morgan fingerprint density at radius 1 is 0.709 bits per heavy atom. The van der Waals surface area contributed by atoms with E-state index in [2.05, 4.69) is 70.6 Å². The van der Waals surface area contributed by atoms with E-state index in [1.54, 1.807) is 18.2 Å². The van der Waals surface area contributed by atoms with Gasteiger partial charge in [-0.05, 0) is 133 Å². The van der Waals surface area contributed by atoms with Crippen molar-refractivity contribution in [3.05, 3.63) is 130 Å². The summed E-state index contributed by atoms with van der Waals surface area (Å²) >= 11 is 0. The average molecular weight is 737 g/mol. The summed E-state index contributed by atoms with van der Waals surface area (Å²) in [6.45, 7) is 7.35. The number of hydrogen-bond donors (Lipinski definition) is 2. The molecule has 55 heavy (non-hydrogen) atoms. The summed E-state index contributed by atoms with van der Waals surface area (Å²) in [7, 11) is 0. The van der Waals surface area contributed by atoms with Crippen molar-refractivity contribution in [3.63, 3.8) is 0 Å². The Morgan fingerprint density at radius 3 is 2.02 bits per heavy atom. The summed E-state index contributed by atoms with van der Waals surface area (Å²) in [5, 5.41) is 12.3. The Kier molecular flexibility index (Phi) is 10.4. The van der Waals surface area contributed by atoms with Crippen molar-refractivity contribution in [1.29, 1.82) is 0 Å². The molecule has 282 valence electrons. The van der Waals surface area contributed by atoms with E-state index in [4.69, 9.17) is 0 Å². The number of imide groups is 2. The minimum Gasteiger partial charge on any atom is -0.508 e. The van der Waals surface area contributed by atoms with Gasteiger partial charge < -0.3 is 14.9 Å². The van der Waals surface area contributed by atoms with Crippen LogP contribution in [0.3, 0.4) is 0 Å². The van der Waals surface area contributed by atoms with Crippen LogP contribution in [0.1, 0.15) is 101 Å². The van der Waals surface area contributed by atoms with Crippen LogP contribution in [0.15, 0.2) is 97.1 Å². The second-order valence-corrected chi connectivity index (χ2v) is 15.4. The molecule has 8 rings (SSSR count). The lowest BCUT2D eigenvalue weighted by atomic mass is 9.87. The lowest BCUT2D eigenvalue weighted by Gasteiger charge is -2.38. The maximum Gasteiger partial charge on any atom is 0.262 e. The van der Waals surface area contributed by atoms with Gasteiger partial charge in [0.15, 0.2) is 0 Å². The molecule has 4 heterocycles. The van der Waals surface area contributed by atoms with Crippen molar-refractivity contribution in [3.8, 4) is 5.75 Å². The van der Waals surface area contributed by atoms with Crippen molar-refractivity contribution in [1.82, 2.24) is 15.1 Å². The van der Waals surface area contributed by atoms with Gasteiger partial charge in [-0.3, -0.25) is 29.4 Å². The van der Waals surface area contributed by atoms with Crippen LogP contribution in [0.2, 0.25) is 0 Å². The smallest absolute Gasteiger partial charge is 0.262 e. The third-order valence-electron chi connectivity index (χ3n) is 12.1. The number of piperidine rings is 3. The largest absolute Gasteiger partial charge is 0.508 e. The Morgan fingerprint density at radius 2 is 1.36 bits per heavy atom. The van der Waals surface area contributed by atoms with Crippen LogP contribution < -0.4 is 10.2 Å². The van der Waals surface area contributed by atoms with Gasteiger partial charge in [0.1, 0.15) is 11.8 Å². The van der Waals surface area contributed by atoms with Crippen molar-refractivity contribution in [2.75, 3.05) is 37.6 Å². The number of amides is 4. The molecule has 1 atom stereocenters. The number of likely N-dealkylation sites (tertiary alicyclic amines) is 1. The maximum atomic E-state index is 13.4. The highest BCUT2D eigenvalue weighted by Gasteiger charge is 2.45. The number of allylic oxidation sites excluding steroid dienone is 1. The fourth-order valence-corrected chi connectivity index (χ4v) is 9.08. The Balaban J connectivity index is 0.860. The highest BCUT2D eigenvalue weighted by molar-refractivity contribution is 6.23. The zero-order valence-corrected chi connectivity index (χ0v) is 31.4. The number of aromatic hydroxyl groups is 1. The van der Waals surface area contributed by atoms with Crippen LogP contribution in [0, 0.1) is 5.92 Å². The molecule has 0 saturated carbocycles. The van der Waals surface area contributed by atoms with Gasteiger partial charge in [0, 0.05) is 31.7 Å². The number of phenolic OH excluding ortho intramolecular Hbond substituents is 1. The van der Waals surface area contributed by atoms with Crippen LogP contribution in [0.5, 0.6) is 5.75 Å². The SMILES string of the molecule is CCC(=C(c1ccc(O)cc1)c1ccc(N2CCC(CN3CCC(c4ccc5c(c4)C(=O)N(C4CCC(=O)NC4=O)C5=O)CC3)CC2)cc1)c1ccccc1. The van der Waals surface area contributed by atoms with E-state index in [0.29, 0.717) is 23.0 Å². The molecule has 4 amide bonds. The molecule has 0 bridgehead atoms. The lowest BCUT2D eigenvalue weighted by molar-refractivity contribution is -0.136. The number of anilines is 1. The number of rotatable bonds is 9. The van der Waals surface area contributed by atoms with E-state index < -0.39 is 23.8 Å². The summed E-state index contributed by atoms with van der Waals surface area (Å²) in [5.74, 6) is -0.641. The zero-order chi connectivity index (χ0) is 38.1. The number of benzene rings is 4. The minimum absolute atomic E-state index is 0.110. The number of carbonyl (C=O) groups is 4. The second-order valence-electron chi connectivity index (χ2n) is 15.4. The van der Waals surface area contributed by atoms with Crippen LogP contribution in [0.4, 0.5) is 5.69 Å². The Labute approximate surface area is 322 Å². The second kappa shape index (κ2) is 15.7. The highest BCUT2D eigenvalue weighted by atomic mass is 16.3. The number of nitrogens with one attached hydrogen (secondary N) is 1. The van der Waals surface area contributed by atoms with Gasteiger partial charge in [-0.15, -0.1) is 0 Å². The van der Waals surface area contributed by atoms with Crippen LogP contribution in [-0.4, -0.2) is 77.3 Å². The molecule has 9 nitrogen and oxygen atoms in total. The van der Waals surface area contributed by atoms with E-state index in [1.165, 1.54) is 28.0 Å². The molecule has 1 unspecified atom stereocenters. The molecule has 9 heteroatoms. The number of nitrogens with zero attached hydrogens (tertiary/aromatic N) is 3. The summed E-state index contributed by atoms with van der Waals surface area (Å²) in [4.78, 5) is 56.7. The third kappa shape index (κ3) is 7.45. The number of hydrogen-bond acceptors (Lipinski definition) is 7. The maximum absolute atomic E-state index is 13.4. The summed E-state index contributed by atoms with van der Waals surface area (Å²) in [6.07, 6.45) is 5.44. The summed E-state index contributed by atoms with van der Waals surface area (Å²) in [6, 6.07) is 31.7. The quantitative estimate of drug-likeness (QED) is 0.138. The molecule has 3 saturated heterocycles. The van der Waals surface area contributed by atoms with Gasteiger partial charge in [-0.2, -0.15) is 0 Å². The molecule has 4 aromatic rings. The van der Waals surface area contributed by atoms with Gasteiger partial charge >= 0.3 is 0 Å². The predicted octanol–water partition coefficient (Wildman–Crippen LogP) is 7.26. The lowest BCUT2D eigenvalue weighted by Crippen LogP contribution is -2.54. The van der Waals surface area contributed by atoms with Gasteiger partial charge in [-0.25, -0.2) is 0 Å². The molecule has 0 aliphatic carbocycles. The Hall–Kier alpha value is -5.54. The fourth-order valence-electron chi connectivity index (χ4n) is 9.08. The van der Waals surface area contributed by atoms with E-state index in [9.17, 15) is 24.3 Å². The first-order chi connectivity index (χ1) is 26.8. The van der Waals surface area contributed by atoms with E-state index >= 15 is 0 Å². The fraction of sp³-hybridized carbons (Fsp3) is 0.348. The van der Waals surface area contributed by atoms with Crippen LogP contribution in [0.25, 0.3) is 11.1 Å². The van der Waals surface area contributed by atoms with Gasteiger partial charge in [0.2, 0.25) is 11.8 Å². The standard InChI is InChI=1S/C46H48N4O5/c1-2-38(32-6-4-3-5-7-32)43(34-10-15-37(51)16-11-34)33-8-13-36(14-9-33)49-26-20-30(21-27-49)29-48-24-22-31(23-25-48)35-12-17-39-40(28-35)46(55)50(45(39)54)41-18-19-42(52)47-44(41)53/h3-17,28,30-31,41,51H,2,18-27,29H2,1H3,(H,47,52,53). The average Bonchev–Trinajstić information content (AvgIpc) is 3.46.